The number of ether oxygens (including phenoxy) is 1. The van der Waals surface area contributed by atoms with Gasteiger partial charge in [-0.05, 0) is 31.0 Å². The van der Waals surface area contributed by atoms with Crippen LogP contribution in [-0.2, 0) is 0 Å². The summed E-state index contributed by atoms with van der Waals surface area (Å²) in [6.45, 7) is 6.46. The van der Waals surface area contributed by atoms with Crippen molar-refractivity contribution < 1.29 is 4.74 Å². The molecule has 1 aromatic carbocycles. The number of piperidine rings is 1. The molecule has 1 aliphatic rings. The number of hydrogen-bond acceptors (Lipinski definition) is 3. The summed E-state index contributed by atoms with van der Waals surface area (Å²) in [5.74, 6) is 0.898. The Morgan fingerprint density at radius 2 is 2.21 bits per heavy atom. The van der Waals surface area contributed by atoms with E-state index in [1.54, 1.807) is 7.11 Å². The highest BCUT2D eigenvalue weighted by atomic mass is 35.5. The molecule has 1 heterocycles. The van der Waals surface area contributed by atoms with Crippen LogP contribution in [0.2, 0.25) is 5.02 Å². The van der Waals surface area contributed by atoms with Gasteiger partial charge in [0.25, 0.3) is 0 Å². The summed E-state index contributed by atoms with van der Waals surface area (Å²) in [6.07, 6.45) is 2.43. The number of rotatable bonds is 4. The molecule has 1 aromatic rings. The van der Waals surface area contributed by atoms with Crippen molar-refractivity contribution in [3.05, 3.63) is 23.2 Å². The molecule has 0 amide bonds. The van der Waals surface area contributed by atoms with E-state index in [1.165, 1.54) is 12.8 Å². The highest BCUT2D eigenvalue weighted by molar-refractivity contribution is 6.30. The van der Waals surface area contributed by atoms with Crippen LogP contribution in [0.5, 0.6) is 5.75 Å². The summed E-state index contributed by atoms with van der Waals surface area (Å²) in [4.78, 5) is 2.37. The molecule has 106 valence electrons. The van der Waals surface area contributed by atoms with Crippen LogP contribution in [0.4, 0.5) is 5.69 Å². The van der Waals surface area contributed by atoms with E-state index in [4.69, 9.17) is 16.3 Å². The van der Waals surface area contributed by atoms with Crippen LogP contribution in [0.15, 0.2) is 18.2 Å². The maximum atomic E-state index is 6.12. The Balaban J connectivity index is 2.14. The van der Waals surface area contributed by atoms with Crippen LogP contribution in [0.1, 0.15) is 26.7 Å². The first-order valence-electron chi connectivity index (χ1n) is 6.94. The van der Waals surface area contributed by atoms with Gasteiger partial charge in [0.2, 0.25) is 0 Å². The van der Waals surface area contributed by atoms with E-state index < -0.39 is 0 Å². The van der Waals surface area contributed by atoms with Crippen molar-refractivity contribution in [2.24, 2.45) is 0 Å². The van der Waals surface area contributed by atoms with Gasteiger partial charge in [0.05, 0.1) is 12.8 Å². The normalized spacial score (nSPS) is 19.8. The van der Waals surface area contributed by atoms with Crippen molar-refractivity contribution in [2.45, 2.75) is 38.8 Å². The molecule has 1 N–H and O–H groups in total. The lowest BCUT2D eigenvalue weighted by Gasteiger charge is -2.36. The zero-order chi connectivity index (χ0) is 13.8. The maximum Gasteiger partial charge on any atom is 0.142 e. The molecule has 4 heteroatoms. The third-order valence-electron chi connectivity index (χ3n) is 3.47. The van der Waals surface area contributed by atoms with Crippen molar-refractivity contribution in [3.63, 3.8) is 0 Å². The van der Waals surface area contributed by atoms with Gasteiger partial charge in [-0.3, -0.25) is 0 Å². The maximum absolute atomic E-state index is 6.12. The summed E-state index contributed by atoms with van der Waals surface area (Å²) in [7, 11) is 1.71. The van der Waals surface area contributed by atoms with E-state index in [-0.39, 0.29) is 0 Å². The van der Waals surface area contributed by atoms with E-state index >= 15 is 0 Å². The van der Waals surface area contributed by atoms with E-state index in [0.29, 0.717) is 12.1 Å². The third-order valence-corrected chi connectivity index (χ3v) is 3.71. The van der Waals surface area contributed by atoms with Crippen LogP contribution >= 0.6 is 11.6 Å². The molecular weight excluding hydrogens is 260 g/mol. The van der Waals surface area contributed by atoms with E-state index in [9.17, 15) is 0 Å². The lowest BCUT2D eigenvalue weighted by Crippen LogP contribution is -2.48. The first-order chi connectivity index (χ1) is 9.10. The fourth-order valence-electron chi connectivity index (χ4n) is 2.71. The number of halogens is 1. The first-order valence-corrected chi connectivity index (χ1v) is 7.32. The smallest absolute Gasteiger partial charge is 0.142 e. The molecule has 19 heavy (non-hydrogen) atoms. The number of benzene rings is 1. The SMILES string of the molecule is COc1ccc(Cl)cc1N1CCCC(NC(C)C)C1. The average Bonchev–Trinajstić information content (AvgIpc) is 2.38. The molecule has 1 unspecified atom stereocenters. The molecule has 0 saturated carbocycles. The zero-order valence-corrected chi connectivity index (χ0v) is 12.7. The highest BCUT2D eigenvalue weighted by Gasteiger charge is 2.22. The Morgan fingerprint density at radius 1 is 1.42 bits per heavy atom. The second-order valence-corrected chi connectivity index (χ2v) is 5.86. The molecule has 0 aromatic heterocycles. The molecule has 1 fully saturated rings. The van der Waals surface area contributed by atoms with Crippen LogP contribution < -0.4 is 15.0 Å². The average molecular weight is 283 g/mol. The second kappa shape index (κ2) is 6.49. The second-order valence-electron chi connectivity index (χ2n) is 5.42. The van der Waals surface area contributed by atoms with Gasteiger partial charge in [-0.15, -0.1) is 0 Å². The quantitative estimate of drug-likeness (QED) is 0.917. The molecule has 1 saturated heterocycles. The first kappa shape index (κ1) is 14.5. The summed E-state index contributed by atoms with van der Waals surface area (Å²) in [5, 5.41) is 4.38. The molecule has 0 aliphatic carbocycles. The van der Waals surface area contributed by atoms with Crippen molar-refractivity contribution >= 4 is 17.3 Å². The Hall–Kier alpha value is -0.930. The largest absolute Gasteiger partial charge is 0.495 e. The monoisotopic (exact) mass is 282 g/mol. The standard InChI is InChI=1S/C15H23ClN2O/c1-11(2)17-13-5-4-8-18(10-13)14-9-12(16)6-7-15(14)19-3/h6-7,9,11,13,17H,4-5,8,10H2,1-3H3. The lowest BCUT2D eigenvalue weighted by molar-refractivity contribution is 0.385. The molecule has 2 rings (SSSR count). The predicted octanol–water partition coefficient (Wildman–Crippen LogP) is 3.32. The van der Waals surface area contributed by atoms with E-state index in [2.05, 4.69) is 24.1 Å². The van der Waals surface area contributed by atoms with Gasteiger partial charge in [0.15, 0.2) is 0 Å². The van der Waals surface area contributed by atoms with Crippen molar-refractivity contribution in [3.8, 4) is 5.75 Å². The predicted molar refractivity (Wildman–Crippen MR) is 81.5 cm³/mol. The van der Waals surface area contributed by atoms with Crippen LogP contribution in [-0.4, -0.2) is 32.3 Å². The van der Waals surface area contributed by atoms with Crippen LogP contribution in [0.3, 0.4) is 0 Å². The molecule has 0 bridgehead atoms. The number of nitrogens with one attached hydrogen (secondary N) is 1. The van der Waals surface area contributed by atoms with Gasteiger partial charge in [-0.1, -0.05) is 25.4 Å². The topological polar surface area (TPSA) is 24.5 Å². The third kappa shape index (κ3) is 3.77. The molecule has 0 radical (unpaired) electrons. The minimum absolute atomic E-state index is 0.520. The van der Waals surface area contributed by atoms with Gasteiger partial charge >= 0.3 is 0 Å². The van der Waals surface area contributed by atoms with Crippen molar-refractivity contribution in [1.82, 2.24) is 5.32 Å². The summed E-state index contributed by atoms with van der Waals surface area (Å²) in [5.41, 5.74) is 1.10. The number of nitrogens with zero attached hydrogens (tertiary/aromatic N) is 1. The van der Waals surface area contributed by atoms with Gasteiger partial charge in [0, 0.05) is 30.2 Å². The van der Waals surface area contributed by atoms with Crippen LogP contribution in [0, 0.1) is 0 Å². The number of anilines is 1. The molecule has 3 nitrogen and oxygen atoms in total. The fourth-order valence-corrected chi connectivity index (χ4v) is 2.88. The van der Waals surface area contributed by atoms with Crippen molar-refractivity contribution in [2.75, 3.05) is 25.1 Å². The zero-order valence-electron chi connectivity index (χ0n) is 11.9. The number of methoxy groups -OCH3 is 1. The Kier molecular flexibility index (Phi) is 4.94. The summed E-state index contributed by atoms with van der Waals surface area (Å²) < 4.78 is 5.45. The van der Waals surface area contributed by atoms with E-state index in [1.807, 2.05) is 18.2 Å². The Bertz CT molecular complexity index is 423. The molecule has 1 atom stereocenters. The van der Waals surface area contributed by atoms with Crippen molar-refractivity contribution in [1.29, 1.82) is 0 Å². The summed E-state index contributed by atoms with van der Waals surface area (Å²) in [6, 6.07) is 6.87. The van der Waals surface area contributed by atoms with E-state index in [0.717, 1.165) is 29.5 Å². The molecular formula is C15H23ClN2O. The van der Waals surface area contributed by atoms with Gasteiger partial charge < -0.3 is 15.0 Å². The van der Waals surface area contributed by atoms with Gasteiger partial charge in [-0.25, -0.2) is 0 Å². The minimum Gasteiger partial charge on any atom is -0.495 e. The molecule has 1 aliphatic heterocycles. The van der Waals surface area contributed by atoms with Crippen LogP contribution in [0.25, 0.3) is 0 Å². The lowest BCUT2D eigenvalue weighted by atomic mass is 10.0. The Labute approximate surface area is 120 Å². The molecule has 0 spiro atoms. The minimum atomic E-state index is 0.520. The summed E-state index contributed by atoms with van der Waals surface area (Å²) >= 11 is 6.12. The Morgan fingerprint density at radius 3 is 2.89 bits per heavy atom. The van der Waals surface area contributed by atoms with Gasteiger partial charge in [-0.2, -0.15) is 0 Å². The fraction of sp³-hybridized carbons (Fsp3) is 0.600. The number of hydrogen-bond donors (Lipinski definition) is 1. The van der Waals surface area contributed by atoms with Gasteiger partial charge in [0.1, 0.15) is 5.75 Å². The highest BCUT2D eigenvalue weighted by Crippen LogP contribution is 2.32.